The van der Waals surface area contributed by atoms with Crippen LogP contribution in [0, 0.1) is 0 Å². The van der Waals surface area contributed by atoms with E-state index in [0.717, 1.165) is 5.56 Å². The third kappa shape index (κ3) is 5.16. The molecule has 0 bridgehead atoms. The zero-order chi connectivity index (χ0) is 13.4. The van der Waals surface area contributed by atoms with Gasteiger partial charge in [0.25, 0.3) is 0 Å². The van der Waals surface area contributed by atoms with E-state index >= 15 is 0 Å². The molecule has 1 rings (SSSR count). The van der Waals surface area contributed by atoms with E-state index in [1.807, 2.05) is 12.1 Å². The molecule has 0 aliphatic carbocycles. The fourth-order valence-electron chi connectivity index (χ4n) is 1.26. The number of rotatable bonds is 5. The van der Waals surface area contributed by atoms with Gasteiger partial charge in [0.1, 0.15) is 0 Å². The molecule has 0 atom stereocenters. The van der Waals surface area contributed by atoms with Gasteiger partial charge in [0, 0.05) is 31.8 Å². The predicted molar refractivity (Wildman–Crippen MR) is 71.6 cm³/mol. The van der Waals surface area contributed by atoms with Crippen LogP contribution in [0.3, 0.4) is 0 Å². The van der Waals surface area contributed by atoms with Crippen LogP contribution in [0.5, 0.6) is 0 Å². The molecule has 0 radical (unpaired) electrons. The Bertz CT molecular complexity index is 438. The van der Waals surface area contributed by atoms with Crippen LogP contribution in [0.25, 0.3) is 6.08 Å². The second kappa shape index (κ2) is 7.11. The SMILES string of the molecule is CNC(=O)CCNC(=O)/C=C/c1ccc(N)cc1. The van der Waals surface area contributed by atoms with Gasteiger partial charge in [-0.15, -0.1) is 0 Å². The van der Waals surface area contributed by atoms with Crippen LogP contribution in [0.1, 0.15) is 12.0 Å². The summed E-state index contributed by atoms with van der Waals surface area (Å²) in [4.78, 5) is 22.3. The number of amides is 2. The number of carbonyl (C=O) groups excluding carboxylic acids is 2. The van der Waals surface area contributed by atoms with Crippen molar-refractivity contribution < 1.29 is 9.59 Å². The summed E-state index contributed by atoms with van der Waals surface area (Å²) in [6, 6.07) is 7.18. The lowest BCUT2D eigenvalue weighted by molar-refractivity contribution is -0.120. The summed E-state index contributed by atoms with van der Waals surface area (Å²) in [5, 5.41) is 5.10. The molecule has 0 aromatic heterocycles. The quantitative estimate of drug-likeness (QED) is 0.524. The second-order valence-corrected chi connectivity index (χ2v) is 3.71. The van der Waals surface area contributed by atoms with Gasteiger partial charge in [0.15, 0.2) is 0 Å². The van der Waals surface area contributed by atoms with Gasteiger partial charge < -0.3 is 16.4 Å². The van der Waals surface area contributed by atoms with Gasteiger partial charge in [-0.1, -0.05) is 12.1 Å². The second-order valence-electron chi connectivity index (χ2n) is 3.71. The molecule has 0 unspecified atom stereocenters. The number of hydrogen-bond donors (Lipinski definition) is 3. The van der Waals surface area contributed by atoms with E-state index in [-0.39, 0.29) is 18.2 Å². The highest BCUT2D eigenvalue weighted by molar-refractivity contribution is 5.92. The summed E-state index contributed by atoms with van der Waals surface area (Å²) in [5.41, 5.74) is 7.13. The summed E-state index contributed by atoms with van der Waals surface area (Å²) in [6.45, 7) is 0.324. The average Bonchev–Trinajstić information content (AvgIpc) is 2.38. The third-order valence-electron chi connectivity index (χ3n) is 2.29. The Hall–Kier alpha value is -2.30. The van der Waals surface area contributed by atoms with E-state index in [4.69, 9.17) is 5.73 Å². The number of benzene rings is 1. The van der Waals surface area contributed by atoms with Crippen molar-refractivity contribution in [3.8, 4) is 0 Å². The summed E-state index contributed by atoms with van der Waals surface area (Å²) < 4.78 is 0. The summed E-state index contributed by atoms with van der Waals surface area (Å²) >= 11 is 0. The standard InChI is InChI=1S/C13H17N3O2/c1-15-12(17)8-9-16-13(18)7-4-10-2-5-11(14)6-3-10/h2-7H,8-9,14H2,1H3,(H,15,17)(H,16,18)/b7-4+. The third-order valence-corrected chi connectivity index (χ3v) is 2.29. The Morgan fingerprint density at radius 3 is 2.56 bits per heavy atom. The molecule has 5 heteroatoms. The largest absolute Gasteiger partial charge is 0.399 e. The van der Waals surface area contributed by atoms with E-state index in [2.05, 4.69) is 10.6 Å². The van der Waals surface area contributed by atoms with Crippen molar-refractivity contribution in [1.82, 2.24) is 10.6 Å². The molecular weight excluding hydrogens is 230 g/mol. The fourth-order valence-corrected chi connectivity index (χ4v) is 1.26. The zero-order valence-corrected chi connectivity index (χ0v) is 10.3. The van der Waals surface area contributed by atoms with E-state index in [1.165, 1.54) is 6.08 Å². The van der Waals surface area contributed by atoms with Crippen molar-refractivity contribution in [3.63, 3.8) is 0 Å². The first-order chi connectivity index (χ1) is 8.61. The Balaban J connectivity index is 2.35. The summed E-state index contributed by atoms with van der Waals surface area (Å²) in [6.07, 6.45) is 3.39. The van der Waals surface area contributed by atoms with Crippen molar-refractivity contribution in [2.24, 2.45) is 0 Å². The molecule has 4 N–H and O–H groups in total. The molecule has 0 fully saturated rings. The average molecular weight is 247 g/mol. The summed E-state index contributed by atoms with van der Waals surface area (Å²) in [7, 11) is 1.56. The molecule has 0 saturated heterocycles. The Morgan fingerprint density at radius 1 is 1.28 bits per heavy atom. The highest BCUT2D eigenvalue weighted by atomic mass is 16.2. The molecule has 0 saturated carbocycles. The lowest BCUT2D eigenvalue weighted by Crippen LogP contribution is -2.27. The van der Waals surface area contributed by atoms with Gasteiger partial charge in [-0.2, -0.15) is 0 Å². The van der Waals surface area contributed by atoms with E-state index in [9.17, 15) is 9.59 Å². The van der Waals surface area contributed by atoms with Gasteiger partial charge in [-0.05, 0) is 23.8 Å². The minimum absolute atomic E-state index is 0.0992. The fraction of sp³-hybridized carbons (Fsp3) is 0.231. The normalized spacial score (nSPS) is 10.3. The Labute approximate surface area is 106 Å². The number of nitrogens with two attached hydrogens (primary N) is 1. The number of nitrogens with one attached hydrogen (secondary N) is 2. The zero-order valence-electron chi connectivity index (χ0n) is 10.3. The first kappa shape index (κ1) is 13.8. The van der Waals surface area contributed by atoms with Crippen LogP contribution in [0.2, 0.25) is 0 Å². The number of nitrogen functional groups attached to an aromatic ring is 1. The molecule has 1 aromatic carbocycles. The van der Waals surface area contributed by atoms with Crippen molar-refractivity contribution in [2.75, 3.05) is 19.3 Å². The molecule has 18 heavy (non-hydrogen) atoms. The lowest BCUT2D eigenvalue weighted by Gasteiger charge is -2.01. The lowest BCUT2D eigenvalue weighted by atomic mass is 10.2. The van der Waals surface area contributed by atoms with Crippen molar-refractivity contribution in [1.29, 1.82) is 0 Å². The van der Waals surface area contributed by atoms with Crippen molar-refractivity contribution >= 4 is 23.6 Å². The number of carbonyl (C=O) groups is 2. The predicted octanol–water partition coefficient (Wildman–Crippen LogP) is 0.534. The highest BCUT2D eigenvalue weighted by Gasteiger charge is 1.99. The van der Waals surface area contributed by atoms with E-state index < -0.39 is 0 Å². The maximum Gasteiger partial charge on any atom is 0.244 e. The minimum atomic E-state index is -0.226. The van der Waals surface area contributed by atoms with E-state index in [1.54, 1.807) is 25.3 Å². The molecule has 0 aliphatic heterocycles. The topological polar surface area (TPSA) is 84.2 Å². The van der Waals surface area contributed by atoms with Crippen LogP contribution in [0.15, 0.2) is 30.3 Å². The molecule has 2 amide bonds. The van der Waals surface area contributed by atoms with Gasteiger partial charge in [-0.25, -0.2) is 0 Å². The molecular formula is C13H17N3O2. The first-order valence-electron chi connectivity index (χ1n) is 5.64. The maximum atomic E-state index is 11.4. The summed E-state index contributed by atoms with van der Waals surface area (Å²) in [5.74, 6) is -0.325. The molecule has 0 heterocycles. The smallest absolute Gasteiger partial charge is 0.244 e. The van der Waals surface area contributed by atoms with Crippen molar-refractivity contribution in [3.05, 3.63) is 35.9 Å². The van der Waals surface area contributed by atoms with Gasteiger partial charge >= 0.3 is 0 Å². The highest BCUT2D eigenvalue weighted by Crippen LogP contribution is 2.06. The van der Waals surface area contributed by atoms with Gasteiger partial charge in [-0.3, -0.25) is 9.59 Å². The number of anilines is 1. The first-order valence-corrected chi connectivity index (χ1v) is 5.64. The molecule has 5 nitrogen and oxygen atoms in total. The van der Waals surface area contributed by atoms with Crippen LogP contribution in [-0.2, 0) is 9.59 Å². The van der Waals surface area contributed by atoms with Gasteiger partial charge in [0.2, 0.25) is 11.8 Å². The molecule has 0 spiro atoms. The van der Waals surface area contributed by atoms with Crippen LogP contribution in [-0.4, -0.2) is 25.4 Å². The molecule has 96 valence electrons. The van der Waals surface area contributed by atoms with Crippen LogP contribution in [0.4, 0.5) is 5.69 Å². The van der Waals surface area contributed by atoms with E-state index in [0.29, 0.717) is 12.2 Å². The Kier molecular flexibility index (Phi) is 5.44. The minimum Gasteiger partial charge on any atom is -0.399 e. The van der Waals surface area contributed by atoms with Gasteiger partial charge in [0.05, 0.1) is 0 Å². The maximum absolute atomic E-state index is 11.4. The van der Waals surface area contributed by atoms with Crippen molar-refractivity contribution in [2.45, 2.75) is 6.42 Å². The molecule has 1 aromatic rings. The Morgan fingerprint density at radius 2 is 1.94 bits per heavy atom. The molecule has 0 aliphatic rings. The monoisotopic (exact) mass is 247 g/mol. The van der Waals surface area contributed by atoms with Crippen LogP contribution < -0.4 is 16.4 Å². The number of hydrogen-bond acceptors (Lipinski definition) is 3. The van der Waals surface area contributed by atoms with Crippen LogP contribution >= 0.6 is 0 Å².